The number of nitrogens with one attached hydrogen (secondary N) is 2. The summed E-state index contributed by atoms with van der Waals surface area (Å²) in [5, 5.41) is 13.4. The number of phenols is 1. The first kappa shape index (κ1) is 20.2. The van der Waals surface area contributed by atoms with Crippen LogP contribution in [-0.2, 0) is 5.54 Å². The van der Waals surface area contributed by atoms with Gasteiger partial charge in [0, 0.05) is 17.8 Å². The highest BCUT2D eigenvalue weighted by Gasteiger charge is 2.47. The second kappa shape index (κ2) is 7.47. The van der Waals surface area contributed by atoms with Crippen LogP contribution in [0.2, 0.25) is 0 Å². The lowest BCUT2D eigenvalue weighted by molar-refractivity contribution is 0.0980. The number of halogens is 1. The van der Waals surface area contributed by atoms with E-state index in [4.69, 9.17) is 0 Å². The number of H-pyrrole nitrogens is 1. The van der Waals surface area contributed by atoms with Crippen molar-refractivity contribution in [2.24, 2.45) is 0 Å². The predicted molar refractivity (Wildman–Crippen MR) is 118 cm³/mol. The lowest BCUT2D eigenvalue weighted by Crippen LogP contribution is -2.36. The Bertz CT molecular complexity index is 1260. The van der Waals surface area contributed by atoms with Crippen LogP contribution < -0.4 is 15.8 Å². The van der Waals surface area contributed by atoms with Gasteiger partial charge >= 0.3 is 0 Å². The Kier molecular flexibility index (Phi) is 4.73. The number of phenolic OH excluding ortho intramolecular Hbond substituents is 1. The number of amides is 1. The van der Waals surface area contributed by atoms with Crippen molar-refractivity contribution in [3.63, 3.8) is 0 Å². The minimum atomic E-state index is -0.583. The molecule has 1 aromatic heterocycles. The van der Waals surface area contributed by atoms with Crippen molar-refractivity contribution in [3.05, 3.63) is 81.5 Å². The fourth-order valence-corrected chi connectivity index (χ4v) is 4.01. The number of aromatic amines is 1. The Hall–Kier alpha value is -3.68. The van der Waals surface area contributed by atoms with Crippen molar-refractivity contribution in [3.8, 4) is 5.75 Å². The maximum absolute atomic E-state index is 14.5. The lowest BCUT2D eigenvalue weighted by atomic mass is 10.0. The molecule has 3 aromatic rings. The second-order valence-corrected chi connectivity index (χ2v) is 8.55. The standard InChI is InChI=1S/C24H23FN4O3/c1-14-6-9-16(18(25)12-14)23(32)29(15-7-8-15)20-13-26-22(31)21(27-20)28-24(10-11-24)17-4-2-3-5-19(17)30/h2-6,9,12-13,15,30H,7-8,10-11H2,1H3,(H,26,31)(H,27,28). The first-order valence-corrected chi connectivity index (χ1v) is 10.6. The maximum Gasteiger partial charge on any atom is 0.290 e. The average Bonchev–Trinajstić information content (AvgIpc) is 3.68. The number of carbonyl (C=O) groups is 1. The molecule has 0 unspecified atom stereocenters. The van der Waals surface area contributed by atoms with E-state index in [1.807, 2.05) is 12.1 Å². The zero-order valence-corrected chi connectivity index (χ0v) is 17.6. The lowest BCUT2D eigenvalue weighted by Gasteiger charge is -2.23. The molecular formula is C24H23FN4O3. The molecular weight excluding hydrogens is 411 g/mol. The monoisotopic (exact) mass is 434 g/mol. The Morgan fingerprint density at radius 1 is 1.25 bits per heavy atom. The molecule has 2 fully saturated rings. The molecule has 2 aliphatic rings. The number of nitrogens with zero attached hydrogens (tertiary/aromatic N) is 2. The summed E-state index contributed by atoms with van der Waals surface area (Å²) in [4.78, 5) is 34.3. The fraction of sp³-hybridized carbons (Fsp3) is 0.292. The summed E-state index contributed by atoms with van der Waals surface area (Å²) in [6.45, 7) is 1.76. The van der Waals surface area contributed by atoms with E-state index in [-0.39, 0.29) is 29.0 Å². The Labute approximate surface area is 183 Å². The maximum atomic E-state index is 14.5. The molecule has 5 rings (SSSR count). The highest BCUT2D eigenvalue weighted by molar-refractivity contribution is 6.06. The molecule has 2 aliphatic carbocycles. The second-order valence-electron chi connectivity index (χ2n) is 8.55. The van der Waals surface area contributed by atoms with E-state index in [1.165, 1.54) is 23.2 Å². The fourth-order valence-electron chi connectivity index (χ4n) is 4.01. The normalized spacial score (nSPS) is 16.4. The number of hydrogen-bond acceptors (Lipinski definition) is 5. The molecule has 0 spiro atoms. The van der Waals surface area contributed by atoms with Gasteiger partial charge in [0.2, 0.25) is 0 Å². The molecule has 0 bridgehead atoms. The van der Waals surface area contributed by atoms with Crippen LogP contribution in [-0.4, -0.2) is 27.0 Å². The van der Waals surface area contributed by atoms with Crippen molar-refractivity contribution >= 4 is 17.5 Å². The number of aryl methyl sites for hydroxylation is 1. The summed E-state index contributed by atoms with van der Waals surface area (Å²) < 4.78 is 14.5. The first-order chi connectivity index (χ1) is 15.4. The number of rotatable bonds is 6. The smallest absolute Gasteiger partial charge is 0.290 e. The van der Waals surface area contributed by atoms with Gasteiger partial charge in [0.25, 0.3) is 11.5 Å². The number of carbonyl (C=O) groups excluding carboxylic acids is 1. The molecule has 7 nitrogen and oxygen atoms in total. The SMILES string of the molecule is Cc1ccc(C(=O)N(c2c[nH]c(=O)c(NC3(c4ccccc4O)CC3)n2)C2CC2)c(F)c1. The molecule has 8 heteroatoms. The molecule has 1 amide bonds. The van der Waals surface area contributed by atoms with Gasteiger partial charge in [-0.15, -0.1) is 0 Å². The largest absolute Gasteiger partial charge is 0.508 e. The van der Waals surface area contributed by atoms with E-state index in [1.54, 1.807) is 25.1 Å². The van der Waals surface area contributed by atoms with Crippen LogP contribution in [0.3, 0.4) is 0 Å². The van der Waals surface area contributed by atoms with Crippen LogP contribution in [0.5, 0.6) is 5.75 Å². The van der Waals surface area contributed by atoms with Crippen molar-refractivity contribution in [2.45, 2.75) is 44.2 Å². The number of hydrogen-bond donors (Lipinski definition) is 3. The van der Waals surface area contributed by atoms with Crippen LogP contribution in [0, 0.1) is 12.7 Å². The number of aromatic nitrogens is 2. The third kappa shape index (κ3) is 3.62. The molecule has 0 atom stereocenters. The summed E-state index contributed by atoms with van der Waals surface area (Å²) in [6.07, 6.45) is 4.41. The molecule has 0 radical (unpaired) electrons. The quantitative estimate of drug-likeness (QED) is 0.548. The number of para-hydroxylation sites is 1. The van der Waals surface area contributed by atoms with Crippen LogP contribution in [0.1, 0.15) is 47.2 Å². The van der Waals surface area contributed by atoms with Gasteiger partial charge in [0.05, 0.1) is 11.1 Å². The van der Waals surface area contributed by atoms with Crippen molar-refractivity contribution < 1.29 is 14.3 Å². The van der Waals surface area contributed by atoms with Gasteiger partial charge in [0.1, 0.15) is 11.6 Å². The third-order valence-corrected chi connectivity index (χ3v) is 6.03. The molecule has 1 heterocycles. The number of anilines is 2. The zero-order chi connectivity index (χ0) is 22.5. The van der Waals surface area contributed by atoms with E-state index in [0.29, 0.717) is 5.56 Å². The number of aromatic hydroxyl groups is 1. The van der Waals surface area contributed by atoms with Gasteiger partial charge in [-0.05, 0) is 56.4 Å². The van der Waals surface area contributed by atoms with Gasteiger partial charge in [-0.2, -0.15) is 0 Å². The van der Waals surface area contributed by atoms with Crippen LogP contribution in [0.25, 0.3) is 0 Å². The molecule has 2 saturated carbocycles. The van der Waals surface area contributed by atoms with Gasteiger partial charge < -0.3 is 15.4 Å². The topological polar surface area (TPSA) is 98.3 Å². The van der Waals surface area contributed by atoms with Crippen LogP contribution >= 0.6 is 0 Å². The van der Waals surface area contributed by atoms with Crippen LogP contribution in [0.15, 0.2) is 53.5 Å². The van der Waals surface area contributed by atoms with E-state index in [9.17, 15) is 19.1 Å². The Morgan fingerprint density at radius 2 is 2.00 bits per heavy atom. The summed E-state index contributed by atoms with van der Waals surface area (Å²) in [5.74, 6) is -0.606. The summed E-state index contributed by atoms with van der Waals surface area (Å²) in [6, 6.07) is 11.4. The van der Waals surface area contributed by atoms with Crippen molar-refractivity contribution in [2.75, 3.05) is 10.2 Å². The highest BCUT2D eigenvalue weighted by atomic mass is 19.1. The summed E-state index contributed by atoms with van der Waals surface area (Å²) in [5.41, 5.74) is 0.382. The zero-order valence-electron chi connectivity index (χ0n) is 17.6. The molecule has 32 heavy (non-hydrogen) atoms. The molecule has 3 N–H and O–H groups in total. The van der Waals surface area contributed by atoms with E-state index in [0.717, 1.165) is 31.2 Å². The minimum Gasteiger partial charge on any atom is -0.508 e. The summed E-state index contributed by atoms with van der Waals surface area (Å²) >= 11 is 0. The minimum absolute atomic E-state index is 0.0297. The molecule has 2 aromatic carbocycles. The van der Waals surface area contributed by atoms with E-state index in [2.05, 4.69) is 15.3 Å². The Balaban J connectivity index is 1.49. The number of benzene rings is 2. The van der Waals surface area contributed by atoms with E-state index < -0.39 is 22.8 Å². The van der Waals surface area contributed by atoms with E-state index >= 15 is 0 Å². The summed E-state index contributed by atoms with van der Waals surface area (Å²) in [7, 11) is 0. The molecule has 164 valence electrons. The van der Waals surface area contributed by atoms with Crippen molar-refractivity contribution in [1.82, 2.24) is 9.97 Å². The highest BCUT2D eigenvalue weighted by Crippen LogP contribution is 2.50. The van der Waals surface area contributed by atoms with Crippen molar-refractivity contribution in [1.29, 1.82) is 0 Å². The molecule has 0 aliphatic heterocycles. The van der Waals surface area contributed by atoms with Gasteiger partial charge in [-0.3, -0.25) is 14.5 Å². The van der Waals surface area contributed by atoms with Gasteiger partial charge in [-0.25, -0.2) is 9.37 Å². The van der Waals surface area contributed by atoms with Gasteiger partial charge in [0.15, 0.2) is 11.6 Å². The molecule has 0 saturated heterocycles. The Morgan fingerprint density at radius 3 is 2.66 bits per heavy atom. The van der Waals surface area contributed by atoms with Crippen LogP contribution in [0.4, 0.5) is 16.0 Å². The van der Waals surface area contributed by atoms with Gasteiger partial charge in [-0.1, -0.05) is 24.3 Å². The first-order valence-electron chi connectivity index (χ1n) is 10.6. The third-order valence-electron chi connectivity index (χ3n) is 6.03. The average molecular weight is 434 g/mol. The predicted octanol–water partition coefficient (Wildman–Crippen LogP) is 3.83.